The number of nitrogens with zero attached hydrogens (tertiary/aromatic N) is 4. The van der Waals surface area contributed by atoms with Crippen LogP contribution in [0.25, 0.3) is 11.0 Å². The summed E-state index contributed by atoms with van der Waals surface area (Å²) in [5, 5.41) is 14.6. The standard InChI is InChI=1S/C18H21N5O3/c1-22-7-6-19-14(22)8-20-15-13-9-25-18(26-13)16(17(15)24)23-10-21-11-4-2-3-5-12(11)23/h2-7,10,13,15-18,20,24H,8-9H2,1H3/t13-,15-,16-,17+,18-/m1/s1. The van der Waals surface area contributed by atoms with Crippen LogP contribution in [0.15, 0.2) is 43.0 Å². The quantitative estimate of drug-likeness (QED) is 0.712. The van der Waals surface area contributed by atoms with Crippen LogP contribution in [0.2, 0.25) is 0 Å². The van der Waals surface area contributed by atoms with Crippen LogP contribution in [-0.4, -0.2) is 55.4 Å². The Bertz CT molecular complexity index is 922. The highest BCUT2D eigenvalue weighted by atomic mass is 16.7. The van der Waals surface area contributed by atoms with E-state index in [0.29, 0.717) is 13.2 Å². The molecule has 136 valence electrons. The summed E-state index contributed by atoms with van der Waals surface area (Å²) in [6.07, 6.45) is 4.10. The number of rotatable bonds is 4. The number of aromatic nitrogens is 4. The van der Waals surface area contributed by atoms with Gasteiger partial charge in [-0.1, -0.05) is 12.1 Å². The summed E-state index contributed by atoms with van der Waals surface area (Å²) < 4.78 is 15.8. The lowest BCUT2D eigenvalue weighted by molar-refractivity contribution is -0.164. The molecule has 2 aliphatic rings. The molecule has 0 radical (unpaired) electrons. The molecular formula is C18H21N5O3. The number of benzene rings is 1. The maximum atomic E-state index is 11.1. The van der Waals surface area contributed by atoms with Gasteiger partial charge in [-0.25, -0.2) is 9.97 Å². The molecule has 2 fully saturated rings. The lowest BCUT2D eigenvalue weighted by atomic mass is 9.95. The molecule has 0 saturated carbocycles. The smallest absolute Gasteiger partial charge is 0.181 e. The first-order valence-electron chi connectivity index (χ1n) is 8.78. The van der Waals surface area contributed by atoms with Crippen molar-refractivity contribution in [3.63, 3.8) is 0 Å². The van der Waals surface area contributed by atoms with Crippen molar-refractivity contribution in [2.24, 2.45) is 7.05 Å². The van der Waals surface area contributed by atoms with Gasteiger partial charge in [0.25, 0.3) is 0 Å². The van der Waals surface area contributed by atoms with Gasteiger partial charge in [0.05, 0.1) is 42.7 Å². The summed E-state index contributed by atoms with van der Waals surface area (Å²) in [6, 6.07) is 7.25. The molecule has 2 bridgehead atoms. The van der Waals surface area contributed by atoms with E-state index in [4.69, 9.17) is 9.47 Å². The van der Waals surface area contributed by atoms with Crippen LogP contribution in [0.4, 0.5) is 0 Å². The minimum absolute atomic E-state index is 0.179. The van der Waals surface area contributed by atoms with Gasteiger partial charge in [-0.3, -0.25) is 0 Å². The molecule has 2 N–H and O–H groups in total. The molecular weight excluding hydrogens is 334 g/mol. The van der Waals surface area contributed by atoms with Crippen molar-refractivity contribution >= 4 is 11.0 Å². The fourth-order valence-corrected chi connectivity index (χ4v) is 3.94. The molecule has 0 unspecified atom stereocenters. The molecule has 8 nitrogen and oxygen atoms in total. The van der Waals surface area contributed by atoms with Gasteiger partial charge in [0.15, 0.2) is 6.29 Å². The van der Waals surface area contributed by atoms with Gasteiger partial charge in [-0.15, -0.1) is 0 Å². The van der Waals surface area contributed by atoms with Gasteiger partial charge in [0, 0.05) is 19.4 Å². The van der Waals surface area contributed by atoms with Crippen LogP contribution in [0.5, 0.6) is 0 Å². The predicted molar refractivity (Wildman–Crippen MR) is 93.2 cm³/mol. The van der Waals surface area contributed by atoms with Crippen molar-refractivity contribution < 1.29 is 14.6 Å². The van der Waals surface area contributed by atoms with Crippen molar-refractivity contribution in [1.82, 2.24) is 24.4 Å². The van der Waals surface area contributed by atoms with E-state index in [1.165, 1.54) is 0 Å². The zero-order valence-corrected chi connectivity index (χ0v) is 14.4. The fourth-order valence-electron chi connectivity index (χ4n) is 3.94. The average Bonchev–Trinajstić information content (AvgIpc) is 3.36. The van der Waals surface area contributed by atoms with E-state index < -0.39 is 12.4 Å². The van der Waals surface area contributed by atoms with Gasteiger partial charge in [-0.05, 0) is 12.1 Å². The summed E-state index contributed by atoms with van der Waals surface area (Å²) in [7, 11) is 1.95. The normalized spacial score (nSPS) is 30.9. The van der Waals surface area contributed by atoms with Crippen LogP contribution in [0, 0.1) is 0 Å². The van der Waals surface area contributed by atoms with Crippen molar-refractivity contribution in [3.8, 4) is 0 Å². The van der Waals surface area contributed by atoms with Crippen LogP contribution < -0.4 is 5.32 Å². The number of nitrogens with one attached hydrogen (secondary N) is 1. The first-order valence-corrected chi connectivity index (χ1v) is 8.78. The highest BCUT2D eigenvalue weighted by Crippen LogP contribution is 2.37. The Morgan fingerprint density at radius 3 is 3.04 bits per heavy atom. The van der Waals surface area contributed by atoms with Gasteiger partial charge in [0.2, 0.25) is 0 Å². The predicted octanol–water partition coefficient (Wildman–Crippen LogP) is 0.585. The molecule has 2 aliphatic heterocycles. The van der Waals surface area contributed by atoms with Crippen LogP contribution in [0.1, 0.15) is 11.9 Å². The minimum Gasteiger partial charge on any atom is -0.389 e. The first kappa shape index (κ1) is 16.0. The van der Waals surface area contributed by atoms with Crippen LogP contribution in [0.3, 0.4) is 0 Å². The van der Waals surface area contributed by atoms with E-state index in [1.54, 1.807) is 12.5 Å². The van der Waals surface area contributed by atoms with E-state index in [1.807, 2.05) is 46.6 Å². The fraction of sp³-hybridized carbons (Fsp3) is 0.444. The average molecular weight is 355 g/mol. The van der Waals surface area contributed by atoms with E-state index >= 15 is 0 Å². The Kier molecular flexibility index (Phi) is 3.79. The molecule has 0 amide bonds. The third-order valence-corrected chi connectivity index (χ3v) is 5.35. The molecule has 5 rings (SSSR count). The maximum Gasteiger partial charge on any atom is 0.181 e. The second-order valence-electron chi connectivity index (χ2n) is 6.86. The third-order valence-electron chi connectivity index (χ3n) is 5.35. The Labute approximate surface area is 150 Å². The number of imidazole rings is 2. The molecule has 4 heterocycles. The van der Waals surface area contributed by atoms with E-state index in [2.05, 4.69) is 15.3 Å². The lowest BCUT2D eigenvalue weighted by Gasteiger charge is -2.39. The Morgan fingerprint density at radius 1 is 1.31 bits per heavy atom. The van der Waals surface area contributed by atoms with Crippen molar-refractivity contribution in [2.75, 3.05) is 6.61 Å². The first-order chi connectivity index (χ1) is 12.7. The molecule has 0 spiro atoms. The van der Waals surface area contributed by atoms with Crippen molar-refractivity contribution in [2.45, 2.75) is 37.1 Å². The monoisotopic (exact) mass is 355 g/mol. The van der Waals surface area contributed by atoms with Gasteiger partial charge in [0.1, 0.15) is 18.0 Å². The van der Waals surface area contributed by atoms with Gasteiger partial charge < -0.3 is 29.0 Å². The second-order valence-corrected chi connectivity index (χ2v) is 6.86. The molecule has 3 aromatic rings. The number of hydrogen-bond acceptors (Lipinski definition) is 6. The van der Waals surface area contributed by atoms with Gasteiger partial charge >= 0.3 is 0 Å². The molecule has 26 heavy (non-hydrogen) atoms. The lowest BCUT2D eigenvalue weighted by Crippen LogP contribution is -2.57. The maximum absolute atomic E-state index is 11.1. The van der Waals surface area contributed by atoms with E-state index in [0.717, 1.165) is 16.9 Å². The van der Waals surface area contributed by atoms with E-state index in [-0.39, 0.29) is 18.2 Å². The number of hydrogen-bond donors (Lipinski definition) is 2. The molecule has 8 heteroatoms. The largest absolute Gasteiger partial charge is 0.389 e. The number of aliphatic hydroxyl groups excluding tert-OH is 1. The highest BCUT2D eigenvalue weighted by molar-refractivity contribution is 5.75. The summed E-state index contributed by atoms with van der Waals surface area (Å²) >= 11 is 0. The van der Waals surface area contributed by atoms with Crippen molar-refractivity contribution in [3.05, 3.63) is 48.8 Å². The summed E-state index contributed by atoms with van der Waals surface area (Å²) in [6.45, 7) is 1.01. The SMILES string of the molecule is Cn1ccnc1CN[C@H]1[C@H](O)[C@@H](n2cnc3ccccc32)[C@@H]2OC[C@H]1O2. The topological polar surface area (TPSA) is 86.4 Å². The molecule has 2 aromatic heterocycles. The zero-order chi connectivity index (χ0) is 17.7. The third kappa shape index (κ3) is 2.45. The number of fused-ring (bicyclic) bond motifs is 3. The van der Waals surface area contributed by atoms with Crippen LogP contribution in [-0.2, 0) is 23.1 Å². The van der Waals surface area contributed by atoms with Gasteiger partial charge in [-0.2, -0.15) is 0 Å². The summed E-state index contributed by atoms with van der Waals surface area (Å²) in [5.41, 5.74) is 1.84. The molecule has 5 atom stereocenters. The summed E-state index contributed by atoms with van der Waals surface area (Å²) in [5.74, 6) is 0.905. The molecule has 1 aromatic carbocycles. The summed E-state index contributed by atoms with van der Waals surface area (Å²) in [4.78, 5) is 8.77. The van der Waals surface area contributed by atoms with Crippen LogP contribution >= 0.6 is 0 Å². The Hall–Kier alpha value is -2.26. The van der Waals surface area contributed by atoms with E-state index in [9.17, 15) is 5.11 Å². The molecule has 0 aliphatic carbocycles. The zero-order valence-electron chi connectivity index (χ0n) is 14.4. The second kappa shape index (κ2) is 6.17. The molecule has 2 saturated heterocycles. The number of para-hydroxylation sites is 2. The minimum atomic E-state index is -0.667. The Balaban J connectivity index is 1.44. The van der Waals surface area contributed by atoms with Crippen molar-refractivity contribution in [1.29, 1.82) is 0 Å². The number of aliphatic hydroxyl groups is 1. The number of ether oxygens (including phenoxy) is 2. The Morgan fingerprint density at radius 2 is 2.19 bits per heavy atom. The highest BCUT2D eigenvalue weighted by Gasteiger charge is 2.51. The number of aryl methyl sites for hydroxylation is 1.